The van der Waals surface area contributed by atoms with Crippen LogP contribution in [0.5, 0.6) is 0 Å². The van der Waals surface area contributed by atoms with Gasteiger partial charge in [-0.25, -0.2) is 19.2 Å². The molecule has 11 heteroatoms. The Morgan fingerprint density at radius 2 is 1.52 bits per heavy atom. The van der Waals surface area contributed by atoms with Crippen LogP contribution in [0.1, 0.15) is 10.4 Å². The monoisotopic (exact) mass is 591 g/mol. The van der Waals surface area contributed by atoms with Gasteiger partial charge in [0.15, 0.2) is 5.82 Å². The lowest BCUT2D eigenvalue weighted by Gasteiger charge is -2.29. The number of anilines is 3. The smallest absolute Gasteiger partial charge is 0.323 e. The van der Waals surface area contributed by atoms with Crippen molar-refractivity contribution in [2.45, 2.75) is 0 Å². The summed E-state index contributed by atoms with van der Waals surface area (Å²) in [6, 6.07) is 20.8. The maximum Gasteiger partial charge on any atom is 0.323 e. The molecule has 0 unspecified atom stereocenters. The number of fused-ring (bicyclic) bond motifs is 1. The Balaban J connectivity index is 1.25. The van der Waals surface area contributed by atoms with Gasteiger partial charge in [0.2, 0.25) is 0 Å². The third kappa shape index (κ3) is 6.18. The van der Waals surface area contributed by atoms with E-state index in [2.05, 4.69) is 20.5 Å². The van der Waals surface area contributed by atoms with Crippen LogP contribution in [-0.4, -0.2) is 72.2 Å². The summed E-state index contributed by atoms with van der Waals surface area (Å²) < 4.78 is 20.1. The van der Waals surface area contributed by atoms with Crippen LogP contribution in [0.3, 0.4) is 0 Å². The lowest BCUT2D eigenvalue weighted by Crippen LogP contribution is -2.37. The predicted octanol–water partition coefficient (Wildman–Crippen LogP) is 5.68. The minimum absolute atomic E-state index is 0.114. The largest absolute Gasteiger partial charge is 0.378 e. The first-order chi connectivity index (χ1) is 21.4. The van der Waals surface area contributed by atoms with Gasteiger partial charge in [0, 0.05) is 66.8 Å². The number of hydrogen-bond donors (Lipinski definition) is 2. The number of nitrogens with zero attached hydrogens (tertiary/aromatic N) is 5. The fourth-order valence-corrected chi connectivity index (χ4v) is 4.99. The van der Waals surface area contributed by atoms with Crippen molar-refractivity contribution in [1.29, 1.82) is 0 Å². The van der Waals surface area contributed by atoms with Gasteiger partial charge >= 0.3 is 6.03 Å². The molecule has 222 valence electrons. The Morgan fingerprint density at radius 3 is 2.18 bits per heavy atom. The molecule has 10 nitrogen and oxygen atoms in total. The van der Waals surface area contributed by atoms with Crippen LogP contribution in [0.4, 0.5) is 26.4 Å². The fourth-order valence-electron chi connectivity index (χ4n) is 4.99. The number of halogens is 1. The molecule has 3 amide bonds. The lowest BCUT2D eigenvalue weighted by molar-refractivity contribution is 0.0827. The van der Waals surface area contributed by atoms with E-state index in [4.69, 9.17) is 14.7 Å². The predicted molar refractivity (Wildman–Crippen MR) is 168 cm³/mol. The summed E-state index contributed by atoms with van der Waals surface area (Å²) in [5.74, 6) is 0.777. The molecule has 3 heterocycles. The van der Waals surface area contributed by atoms with E-state index in [-0.39, 0.29) is 5.91 Å². The van der Waals surface area contributed by atoms with Crippen molar-refractivity contribution < 1.29 is 18.7 Å². The molecule has 1 saturated heterocycles. The number of urea groups is 1. The van der Waals surface area contributed by atoms with Gasteiger partial charge in [-0.05, 0) is 72.3 Å². The average molecular weight is 592 g/mol. The Kier molecular flexibility index (Phi) is 8.11. The maximum absolute atomic E-state index is 14.5. The van der Waals surface area contributed by atoms with Gasteiger partial charge < -0.3 is 25.2 Å². The molecule has 0 aliphatic carbocycles. The number of carbonyl (C=O) groups excluding carboxylic acids is 2. The number of rotatable bonds is 6. The van der Waals surface area contributed by atoms with Crippen molar-refractivity contribution in [3.05, 3.63) is 96.6 Å². The van der Waals surface area contributed by atoms with E-state index in [1.165, 1.54) is 11.1 Å². The van der Waals surface area contributed by atoms with Crippen LogP contribution < -0.4 is 15.5 Å². The third-order valence-electron chi connectivity index (χ3n) is 7.27. The standard InChI is InChI=1S/C33H30FN7O3/c1-40(2)32(42)22-5-10-25(11-6-22)37-33(43)36-24-8-3-21(4-9-24)30-38-29-19-23(26-13-14-35-20-28(26)34)7-12-27(29)31(39-30)41-15-17-44-18-16-41/h3-14,19-20H,15-18H2,1-2H3,(H2,36,37,43). The second kappa shape index (κ2) is 12.4. The Labute approximate surface area is 253 Å². The van der Waals surface area contributed by atoms with Crippen LogP contribution >= 0.6 is 0 Å². The number of carbonyl (C=O) groups is 2. The SMILES string of the molecule is CN(C)C(=O)c1ccc(NC(=O)Nc2ccc(-c3nc(N4CCOCC4)c4ccc(-c5ccncc5F)cc4n3)cc2)cc1. The molecule has 44 heavy (non-hydrogen) atoms. The van der Waals surface area contributed by atoms with Gasteiger partial charge in [-0.3, -0.25) is 9.78 Å². The van der Waals surface area contributed by atoms with Crippen LogP contribution in [0, 0.1) is 5.82 Å². The Morgan fingerprint density at radius 1 is 0.864 bits per heavy atom. The molecular formula is C33H30FN7O3. The number of aromatic nitrogens is 3. The highest BCUT2D eigenvalue weighted by Gasteiger charge is 2.19. The van der Waals surface area contributed by atoms with E-state index in [0.29, 0.717) is 65.7 Å². The van der Waals surface area contributed by atoms with Crippen LogP contribution in [0.15, 0.2) is 85.2 Å². The Hall–Kier alpha value is -5.42. The highest BCUT2D eigenvalue weighted by Crippen LogP contribution is 2.32. The second-order valence-electron chi connectivity index (χ2n) is 10.5. The zero-order valence-corrected chi connectivity index (χ0v) is 24.3. The van der Waals surface area contributed by atoms with E-state index in [0.717, 1.165) is 16.8 Å². The molecule has 1 aliphatic rings. The first-order valence-electron chi connectivity index (χ1n) is 14.1. The van der Waals surface area contributed by atoms with Gasteiger partial charge in [-0.2, -0.15) is 0 Å². The summed E-state index contributed by atoms with van der Waals surface area (Å²) in [4.78, 5) is 42.1. The number of amides is 3. The molecule has 0 saturated carbocycles. The van der Waals surface area contributed by atoms with Gasteiger partial charge in [0.1, 0.15) is 11.6 Å². The summed E-state index contributed by atoms with van der Waals surface area (Å²) >= 11 is 0. The minimum atomic E-state index is -0.420. The molecule has 2 aromatic heterocycles. The normalized spacial score (nSPS) is 13.0. The Bertz CT molecular complexity index is 1820. The summed E-state index contributed by atoms with van der Waals surface area (Å²) in [6.45, 7) is 2.59. The molecule has 5 aromatic rings. The highest BCUT2D eigenvalue weighted by atomic mass is 19.1. The molecule has 1 fully saturated rings. The highest BCUT2D eigenvalue weighted by molar-refractivity contribution is 6.00. The summed E-state index contributed by atoms with van der Waals surface area (Å²) in [6.07, 6.45) is 2.76. The van der Waals surface area contributed by atoms with Crippen molar-refractivity contribution >= 4 is 40.0 Å². The fraction of sp³-hybridized carbons (Fsp3) is 0.182. The van der Waals surface area contributed by atoms with Crippen molar-refractivity contribution in [2.24, 2.45) is 0 Å². The van der Waals surface area contributed by atoms with Crippen molar-refractivity contribution in [1.82, 2.24) is 19.9 Å². The molecule has 2 N–H and O–H groups in total. The van der Waals surface area contributed by atoms with Crippen LogP contribution in [0.25, 0.3) is 33.4 Å². The number of ether oxygens (including phenoxy) is 1. The minimum Gasteiger partial charge on any atom is -0.378 e. The van der Waals surface area contributed by atoms with E-state index in [1.54, 1.807) is 62.8 Å². The topological polar surface area (TPSA) is 113 Å². The van der Waals surface area contributed by atoms with Crippen LogP contribution in [-0.2, 0) is 4.74 Å². The summed E-state index contributed by atoms with van der Waals surface area (Å²) in [5.41, 5.74) is 4.25. The van der Waals surface area contributed by atoms with Gasteiger partial charge in [-0.1, -0.05) is 6.07 Å². The number of nitrogens with one attached hydrogen (secondary N) is 2. The van der Waals surface area contributed by atoms with Gasteiger partial charge in [0.05, 0.1) is 24.9 Å². The number of morpholine rings is 1. The summed E-state index contributed by atoms with van der Waals surface area (Å²) in [7, 11) is 3.37. The molecule has 1 aliphatic heterocycles. The molecule has 0 atom stereocenters. The zero-order chi connectivity index (χ0) is 30.6. The first-order valence-corrected chi connectivity index (χ1v) is 14.1. The summed E-state index contributed by atoms with van der Waals surface area (Å²) in [5, 5.41) is 6.46. The number of benzene rings is 3. The van der Waals surface area contributed by atoms with Crippen molar-refractivity contribution in [2.75, 3.05) is 55.9 Å². The van der Waals surface area contributed by atoms with E-state index in [1.807, 2.05) is 30.3 Å². The molecule has 0 radical (unpaired) electrons. The molecule has 0 spiro atoms. The van der Waals surface area contributed by atoms with Gasteiger partial charge in [-0.15, -0.1) is 0 Å². The first kappa shape index (κ1) is 28.7. The lowest BCUT2D eigenvalue weighted by atomic mass is 10.0. The maximum atomic E-state index is 14.5. The molecule has 3 aromatic carbocycles. The number of hydrogen-bond acceptors (Lipinski definition) is 7. The van der Waals surface area contributed by atoms with Crippen LogP contribution in [0.2, 0.25) is 0 Å². The molecular weight excluding hydrogens is 561 g/mol. The van der Waals surface area contributed by atoms with E-state index >= 15 is 0 Å². The third-order valence-corrected chi connectivity index (χ3v) is 7.27. The molecule has 6 rings (SSSR count). The van der Waals surface area contributed by atoms with E-state index in [9.17, 15) is 14.0 Å². The second-order valence-corrected chi connectivity index (χ2v) is 10.5. The average Bonchev–Trinajstić information content (AvgIpc) is 3.05. The molecule has 0 bridgehead atoms. The zero-order valence-electron chi connectivity index (χ0n) is 24.3. The quantitative estimate of drug-likeness (QED) is 0.261. The van der Waals surface area contributed by atoms with E-state index < -0.39 is 11.8 Å². The van der Waals surface area contributed by atoms with Crippen molar-refractivity contribution in [3.63, 3.8) is 0 Å². The van der Waals surface area contributed by atoms with Gasteiger partial charge in [0.25, 0.3) is 5.91 Å². The number of pyridine rings is 1. The van der Waals surface area contributed by atoms with Crippen molar-refractivity contribution in [3.8, 4) is 22.5 Å².